The second-order valence-corrected chi connectivity index (χ2v) is 7.08. The Labute approximate surface area is 171 Å². The van der Waals surface area contributed by atoms with Gasteiger partial charge in [-0.05, 0) is 36.8 Å². The zero-order valence-electron chi connectivity index (χ0n) is 16.4. The highest BCUT2D eigenvalue weighted by Crippen LogP contribution is 2.33. The van der Waals surface area contributed by atoms with Crippen LogP contribution in [0.25, 0.3) is 0 Å². The van der Waals surface area contributed by atoms with Crippen LogP contribution in [0.15, 0.2) is 59.7 Å². The van der Waals surface area contributed by atoms with E-state index in [1.54, 1.807) is 6.92 Å². The van der Waals surface area contributed by atoms with Gasteiger partial charge in [-0.15, -0.1) is 0 Å². The van der Waals surface area contributed by atoms with Gasteiger partial charge >= 0.3 is 12.1 Å². The maximum Gasteiger partial charge on any atom is 0.416 e. The third-order valence-corrected chi connectivity index (χ3v) is 4.77. The van der Waals surface area contributed by atoms with Gasteiger partial charge in [-0.3, -0.25) is 14.6 Å². The van der Waals surface area contributed by atoms with Crippen molar-refractivity contribution in [3.63, 3.8) is 0 Å². The van der Waals surface area contributed by atoms with E-state index in [1.165, 1.54) is 24.3 Å². The summed E-state index contributed by atoms with van der Waals surface area (Å²) in [4.78, 5) is 24.8. The van der Waals surface area contributed by atoms with Gasteiger partial charge in [0, 0.05) is 5.69 Å². The number of carbonyl (C=O) groups excluding carboxylic acids is 2. The summed E-state index contributed by atoms with van der Waals surface area (Å²) < 4.78 is 42.9. The zero-order chi connectivity index (χ0) is 21.9. The number of ether oxygens (including phenoxy) is 1. The van der Waals surface area contributed by atoms with Crippen LogP contribution in [0.5, 0.6) is 0 Å². The van der Waals surface area contributed by atoms with Gasteiger partial charge in [-0.1, -0.05) is 30.3 Å². The van der Waals surface area contributed by atoms with E-state index in [0.717, 1.165) is 17.7 Å². The molecule has 0 aromatic heterocycles. The van der Waals surface area contributed by atoms with Gasteiger partial charge in [0.1, 0.15) is 12.0 Å². The predicted octanol–water partition coefficient (Wildman–Crippen LogP) is 3.54. The van der Waals surface area contributed by atoms with Crippen LogP contribution in [0.3, 0.4) is 0 Å². The number of methoxy groups -OCH3 is 1. The Morgan fingerprint density at radius 1 is 1.13 bits per heavy atom. The topological polar surface area (TPSA) is 71.0 Å². The van der Waals surface area contributed by atoms with Crippen LogP contribution in [0, 0.1) is 5.41 Å². The van der Waals surface area contributed by atoms with Crippen molar-refractivity contribution in [3.8, 4) is 0 Å². The summed E-state index contributed by atoms with van der Waals surface area (Å²) in [7, 11) is 1.29. The van der Waals surface area contributed by atoms with Crippen LogP contribution in [-0.4, -0.2) is 42.8 Å². The van der Waals surface area contributed by atoms with Crippen molar-refractivity contribution in [2.24, 2.45) is 10.5 Å². The number of halogens is 3. The molecule has 1 unspecified atom stereocenters. The van der Waals surface area contributed by atoms with Gasteiger partial charge in [0.05, 0.1) is 24.9 Å². The number of anilines is 1. The Morgan fingerprint density at radius 2 is 1.77 bits per heavy atom. The third kappa shape index (κ3) is 4.45. The van der Waals surface area contributed by atoms with E-state index in [-0.39, 0.29) is 18.8 Å². The first kappa shape index (κ1) is 21.4. The molecule has 2 aromatic carbocycles. The minimum absolute atomic E-state index is 0.129. The molecule has 0 saturated carbocycles. The third-order valence-electron chi connectivity index (χ3n) is 4.77. The van der Waals surface area contributed by atoms with Gasteiger partial charge in [0.2, 0.25) is 5.91 Å². The van der Waals surface area contributed by atoms with Gasteiger partial charge in [-0.25, -0.2) is 0 Å². The van der Waals surface area contributed by atoms with Crippen molar-refractivity contribution in [1.29, 1.82) is 0 Å². The van der Waals surface area contributed by atoms with Crippen molar-refractivity contribution in [3.05, 3.63) is 65.7 Å². The number of alkyl halides is 3. The average molecular weight is 419 g/mol. The summed E-state index contributed by atoms with van der Waals surface area (Å²) in [5, 5.41) is 8.43. The van der Waals surface area contributed by atoms with E-state index >= 15 is 0 Å². The van der Waals surface area contributed by atoms with Gasteiger partial charge in [0.15, 0.2) is 0 Å². The number of nitrogens with one attached hydrogen (secondary N) is 1. The lowest BCUT2D eigenvalue weighted by Crippen LogP contribution is -2.41. The highest BCUT2D eigenvalue weighted by molar-refractivity contribution is 6.16. The van der Waals surface area contributed by atoms with Crippen LogP contribution in [0.2, 0.25) is 0 Å². The monoisotopic (exact) mass is 419 g/mol. The van der Waals surface area contributed by atoms with E-state index in [0.29, 0.717) is 5.71 Å². The van der Waals surface area contributed by atoms with Crippen molar-refractivity contribution in [2.75, 3.05) is 25.5 Å². The molecule has 1 aliphatic rings. The second-order valence-electron chi connectivity index (χ2n) is 7.08. The van der Waals surface area contributed by atoms with Gasteiger partial charge < -0.3 is 10.1 Å². The van der Waals surface area contributed by atoms with Crippen LogP contribution in [0.4, 0.5) is 18.9 Å². The first-order chi connectivity index (χ1) is 14.1. The van der Waals surface area contributed by atoms with E-state index in [4.69, 9.17) is 4.74 Å². The summed E-state index contributed by atoms with van der Waals surface area (Å²) in [6.45, 7) is 1.65. The smallest absolute Gasteiger partial charge is 0.416 e. The van der Waals surface area contributed by atoms with E-state index in [1.807, 2.05) is 30.3 Å². The normalized spacial score (nSPS) is 18.7. The first-order valence-corrected chi connectivity index (χ1v) is 9.08. The molecule has 1 aliphatic heterocycles. The SMILES string of the molecule is COC(=O)C1(C)CN(CC(=O)Nc2ccc(C(F)(F)F)cc2)N=C1c1ccccc1. The maximum atomic E-state index is 12.7. The molecule has 1 atom stereocenters. The number of nitrogens with zero attached hydrogens (tertiary/aromatic N) is 2. The molecule has 1 amide bonds. The number of amides is 1. The molecular weight excluding hydrogens is 399 g/mol. The minimum atomic E-state index is -4.45. The number of hydrogen-bond acceptors (Lipinski definition) is 5. The Kier molecular flexibility index (Phi) is 5.82. The Hall–Kier alpha value is -3.36. The van der Waals surface area contributed by atoms with Gasteiger partial charge in [-0.2, -0.15) is 18.3 Å². The highest BCUT2D eigenvalue weighted by atomic mass is 19.4. The maximum absolute atomic E-state index is 12.7. The molecule has 0 saturated heterocycles. The Balaban J connectivity index is 1.74. The van der Waals surface area contributed by atoms with Gasteiger partial charge in [0.25, 0.3) is 0 Å². The lowest BCUT2D eigenvalue weighted by atomic mass is 9.82. The average Bonchev–Trinajstić information content (AvgIpc) is 3.04. The summed E-state index contributed by atoms with van der Waals surface area (Å²) in [5.41, 5.74) is -0.417. The number of rotatable bonds is 5. The molecule has 0 radical (unpaired) electrons. The quantitative estimate of drug-likeness (QED) is 0.753. The van der Waals surface area contributed by atoms with Crippen LogP contribution in [0.1, 0.15) is 18.1 Å². The van der Waals surface area contributed by atoms with E-state index < -0.39 is 29.0 Å². The van der Waals surface area contributed by atoms with Crippen LogP contribution >= 0.6 is 0 Å². The molecule has 3 rings (SSSR count). The highest BCUT2D eigenvalue weighted by Gasteiger charge is 2.47. The fourth-order valence-corrected chi connectivity index (χ4v) is 3.29. The Morgan fingerprint density at radius 3 is 2.33 bits per heavy atom. The standard InChI is InChI=1S/C21H20F3N3O3/c1-20(19(29)30-2)13-27(26-18(20)14-6-4-3-5-7-14)12-17(28)25-16-10-8-15(9-11-16)21(22,23)24/h3-11H,12-13H2,1-2H3,(H,25,28). The molecule has 1 N–H and O–H groups in total. The lowest BCUT2D eigenvalue weighted by Gasteiger charge is -2.23. The predicted molar refractivity (Wildman–Crippen MR) is 105 cm³/mol. The second kappa shape index (κ2) is 8.17. The van der Waals surface area contributed by atoms with Crippen LogP contribution < -0.4 is 5.32 Å². The first-order valence-electron chi connectivity index (χ1n) is 9.08. The summed E-state index contributed by atoms with van der Waals surface area (Å²) in [6.07, 6.45) is -4.45. The number of benzene rings is 2. The zero-order valence-corrected chi connectivity index (χ0v) is 16.4. The summed E-state index contributed by atoms with van der Waals surface area (Å²) in [5.74, 6) is -0.948. The largest absolute Gasteiger partial charge is 0.468 e. The molecule has 2 aromatic rings. The molecule has 9 heteroatoms. The van der Waals surface area contributed by atoms with E-state index in [9.17, 15) is 22.8 Å². The lowest BCUT2D eigenvalue weighted by molar-refractivity contribution is -0.148. The van der Waals surface area contributed by atoms with Crippen LogP contribution in [-0.2, 0) is 20.5 Å². The Bertz CT molecular complexity index is 959. The number of esters is 1. The molecule has 158 valence electrons. The summed E-state index contributed by atoms with van der Waals surface area (Å²) >= 11 is 0. The van der Waals surface area contributed by atoms with Crippen molar-refractivity contribution in [2.45, 2.75) is 13.1 Å². The van der Waals surface area contributed by atoms with Crippen molar-refractivity contribution in [1.82, 2.24) is 5.01 Å². The number of hydrazone groups is 1. The molecule has 0 aliphatic carbocycles. The fourth-order valence-electron chi connectivity index (χ4n) is 3.29. The van der Waals surface area contributed by atoms with Crippen molar-refractivity contribution >= 4 is 23.3 Å². The fraction of sp³-hybridized carbons (Fsp3) is 0.286. The molecule has 6 nitrogen and oxygen atoms in total. The number of hydrogen-bond donors (Lipinski definition) is 1. The molecular formula is C21H20F3N3O3. The molecule has 30 heavy (non-hydrogen) atoms. The molecule has 0 fully saturated rings. The molecule has 0 bridgehead atoms. The molecule has 0 spiro atoms. The van der Waals surface area contributed by atoms with Crippen molar-refractivity contribution < 1.29 is 27.5 Å². The summed E-state index contributed by atoms with van der Waals surface area (Å²) in [6, 6.07) is 13.2. The van der Waals surface area contributed by atoms with E-state index in [2.05, 4.69) is 10.4 Å². The number of carbonyl (C=O) groups is 2. The molecule has 1 heterocycles. The minimum Gasteiger partial charge on any atom is -0.468 e.